The molecule has 4 nitrogen and oxygen atoms in total. The number of hydrogen-bond acceptors (Lipinski definition) is 2. The van der Waals surface area contributed by atoms with E-state index in [9.17, 15) is 13.6 Å². The highest BCUT2D eigenvalue weighted by Gasteiger charge is 2.22. The highest BCUT2D eigenvalue weighted by Crippen LogP contribution is 2.20. The Kier molecular flexibility index (Phi) is 4.54. The molecular formula is C17H21F2N3O. The van der Waals surface area contributed by atoms with Gasteiger partial charge < -0.3 is 5.32 Å². The minimum Gasteiger partial charge on any atom is -0.345 e. The molecule has 124 valence electrons. The third-order valence-electron chi connectivity index (χ3n) is 3.68. The molecule has 0 saturated heterocycles. The lowest BCUT2D eigenvalue weighted by atomic mass is 10.1. The zero-order valence-electron chi connectivity index (χ0n) is 13.9. The molecule has 6 heteroatoms. The lowest BCUT2D eigenvalue weighted by Crippen LogP contribution is -2.28. The van der Waals surface area contributed by atoms with Crippen molar-refractivity contribution in [2.75, 3.05) is 0 Å². The van der Waals surface area contributed by atoms with Crippen molar-refractivity contribution in [1.29, 1.82) is 0 Å². The van der Waals surface area contributed by atoms with Crippen molar-refractivity contribution in [3.8, 4) is 0 Å². The molecule has 1 atom stereocenters. The number of benzene rings is 1. The summed E-state index contributed by atoms with van der Waals surface area (Å²) in [6.45, 7) is 9.54. The fourth-order valence-electron chi connectivity index (χ4n) is 2.45. The van der Waals surface area contributed by atoms with E-state index < -0.39 is 17.7 Å². The number of rotatable bonds is 3. The van der Waals surface area contributed by atoms with Crippen molar-refractivity contribution in [1.82, 2.24) is 15.1 Å². The topological polar surface area (TPSA) is 46.9 Å². The zero-order chi connectivity index (χ0) is 17.4. The van der Waals surface area contributed by atoms with Gasteiger partial charge in [0.2, 0.25) is 0 Å². The van der Waals surface area contributed by atoms with Crippen molar-refractivity contribution >= 4 is 5.91 Å². The van der Waals surface area contributed by atoms with Crippen LogP contribution < -0.4 is 5.32 Å². The van der Waals surface area contributed by atoms with Gasteiger partial charge in [-0.1, -0.05) is 6.07 Å². The van der Waals surface area contributed by atoms with Gasteiger partial charge in [-0.25, -0.2) is 8.78 Å². The van der Waals surface area contributed by atoms with Gasteiger partial charge in [-0.3, -0.25) is 9.48 Å². The van der Waals surface area contributed by atoms with Crippen molar-refractivity contribution in [3.05, 3.63) is 52.9 Å². The minimum atomic E-state index is -0.930. The Bertz CT molecular complexity index is 732. The van der Waals surface area contributed by atoms with E-state index in [2.05, 4.69) is 10.4 Å². The maximum Gasteiger partial charge on any atom is 0.255 e. The maximum absolute atomic E-state index is 13.3. The third-order valence-corrected chi connectivity index (χ3v) is 3.68. The van der Waals surface area contributed by atoms with Crippen molar-refractivity contribution in [2.45, 2.75) is 46.2 Å². The second-order valence-electron chi connectivity index (χ2n) is 6.59. The van der Waals surface area contributed by atoms with Crippen molar-refractivity contribution < 1.29 is 13.6 Å². The van der Waals surface area contributed by atoms with Crippen molar-refractivity contribution in [3.63, 3.8) is 0 Å². The molecule has 1 amide bonds. The van der Waals surface area contributed by atoms with Gasteiger partial charge in [0, 0.05) is 5.69 Å². The van der Waals surface area contributed by atoms with Crippen LogP contribution in [-0.4, -0.2) is 15.7 Å². The van der Waals surface area contributed by atoms with E-state index in [4.69, 9.17) is 0 Å². The Balaban J connectivity index is 2.19. The average Bonchev–Trinajstić information content (AvgIpc) is 2.83. The van der Waals surface area contributed by atoms with E-state index in [1.54, 1.807) is 11.6 Å². The van der Waals surface area contributed by atoms with Crippen LogP contribution in [0.1, 0.15) is 55.4 Å². The number of amides is 1. The Morgan fingerprint density at radius 3 is 2.43 bits per heavy atom. The monoisotopic (exact) mass is 321 g/mol. The quantitative estimate of drug-likeness (QED) is 0.936. The van der Waals surface area contributed by atoms with Gasteiger partial charge in [0.05, 0.1) is 23.3 Å². The lowest BCUT2D eigenvalue weighted by molar-refractivity contribution is 0.0939. The van der Waals surface area contributed by atoms with Gasteiger partial charge in [0.15, 0.2) is 11.6 Å². The summed E-state index contributed by atoms with van der Waals surface area (Å²) in [6.07, 6.45) is 1.52. The molecular weight excluding hydrogens is 300 g/mol. The molecule has 0 fully saturated rings. The molecule has 1 aromatic carbocycles. The first-order valence-corrected chi connectivity index (χ1v) is 7.42. The molecule has 1 aromatic heterocycles. The lowest BCUT2D eigenvalue weighted by Gasteiger charge is -2.21. The molecule has 1 heterocycles. The van der Waals surface area contributed by atoms with Crippen LogP contribution in [-0.2, 0) is 5.54 Å². The van der Waals surface area contributed by atoms with Crippen LogP contribution in [0.5, 0.6) is 0 Å². The minimum absolute atomic E-state index is 0.228. The average molecular weight is 321 g/mol. The summed E-state index contributed by atoms with van der Waals surface area (Å²) in [4.78, 5) is 12.4. The third kappa shape index (κ3) is 3.57. The summed E-state index contributed by atoms with van der Waals surface area (Å²) >= 11 is 0. The number of aromatic nitrogens is 2. The van der Waals surface area contributed by atoms with Gasteiger partial charge in [-0.2, -0.15) is 5.10 Å². The Labute approximate surface area is 134 Å². The summed E-state index contributed by atoms with van der Waals surface area (Å²) in [5.41, 5.74) is 1.49. The summed E-state index contributed by atoms with van der Waals surface area (Å²) in [7, 11) is 0. The first kappa shape index (κ1) is 17.1. The zero-order valence-corrected chi connectivity index (χ0v) is 13.9. The Hall–Kier alpha value is -2.24. The highest BCUT2D eigenvalue weighted by molar-refractivity contribution is 5.95. The number of nitrogens with zero attached hydrogens (tertiary/aromatic N) is 2. The van der Waals surface area contributed by atoms with Gasteiger partial charge in [0.25, 0.3) is 5.91 Å². The molecule has 0 aliphatic rings. The number of nitrogens with one attached hydrogen (secondary N) is 1. The number of carbonyl (C=O) groups is 1. The number of hydrogen-bond donors (Lipinski definition) is 1. The second-order valence-corrected chi connectivity index (χ2v) is 6.59. The first-order chi connectivity index (χ1) is 10.6. The Morgan fingerprint density at radius 2 is 1.91 bits per heavy atom. The smallest absolute Gasteiger partial charge is 0.255 e. The first-order valence-electron chi connectivity index (χ1n) is 7.42. The van der Waals surface area contributed by atoms with E-state index in [0.29, 0.717) is 11.1 Å². The van der Waals surface area contributed by atoms with Crippen molar-refractivity contribution in [2.24, 2.45) is 0 Å². The van der Waals surface area contributed by atoms with Crippen LogP contribution in [0.25, 0.3) is 0 Å². The van der Waals surface area contributed by atoms with E-state index in [-0.39, 0.29) is 11.4 Å². The van der Waals surface area contributed by atoms with Crippen LogP contribution in [0.3, 0.4) is 0 Å². The van der Waals surface area contributed by atoms with E-state index in [1.807, 2.05) is 27.7 Å². The summed E-state index contributed by atoms with van der Waals surface area (Å²) < 4.78 is 28.1. The molecule has 0 spiro atoms. The van der Waals surface area contributed by atoms with Crippen LogP contribution in [0, 0.1) is 18.6 Å². The normalized spacial score (nSPS) is 13.0. The molecule has 1 N–H and O–H groups in total. The highest BCUT2D eigenvalue weighted by atomic mass is 19.2. The molecule has 0 bridgehead atoms. The summed E-state index contributed by atoms with van der Waals surface area (Å²) in [5.74, 6) is -2.13. The number of carbonyl (C=O) groups excluding carboxylic acids is 1. The van der Waals surface area contributed by atoms with Gasteiger partial charge >= 0.3 is 0 Å². The van der Waals surface area contributed by atoms with Gasteiger partial charge in [0.1, 0.15) is 0 Å². The standard InChI is InChI=1S/C17H21F2N3O/c1-10(12-6-7-14(18)15(19)8-12)21-16(23)13-9-20-22(11(13)2)17(3,4)5/h6-10H,1-5H3,(H,21,23). The molecule has 0 radical (unpaired) electrons. The van der Waals surface area contributed by atoms with E-state index in [0.717, 1.165) is 17.8 Å². The van der Waals surface area contributed by atoms with Crippen LogP contribution in [0.4, 0.5) is 8.78 Å². The van der Waals surface area contributed by atoms with Crippen LogP contribution >= 0.6 is 0 Å². The van der Waals surface area contributed by atoms with Crippen LogP contribution in [0.2, 0.25) is 0 Å². The van der Waals surface area contributed by atoms with Gasteiger partial charge in [-0.15, -0.1) is 0 Å². The number of halogens is 2. The molecule has 0 aliphatic carbocycles. The summed E-state index contributed by atoms with van der Waals surface area (Å²) in [6, 6.07) is 3.14. The fourth-order valence-corrected chi connectivity index (χ4v) is 2.45. The largest absolute Gasteiger partial charge is 0.345 e. The Morgan fingerprint density at radius 1 is 1.26 bits per heavy atom. The molecule has 2 aromatic rings. The van der Waals surface area contributed by atoms with E-state index >= 15 is 0 Å². The van der Waals surface area contributed by atoms with Crippen LogP contribution in [0.15, 0.2) is 24.4 Å². The molecule has 0 saturated carbocycles. The second kappa shape index (κ2) is 6.10. The molecule has 2 rings (SSSR count). The van der Waals surface area contributed by atoms with E-state index in [1.165, 1.54) is 12.3 Å². The molecule has 0 aliphatic heterocycles. The predicted molar refractivity (Wildman–Crippen MR) is 84.2 cm³/mol. The fraction of sp³-hybridized carbons (Fsp3) is 0.412. The molecule has 23 heavy (non-hydrogen) atoms. The SMILES string of the molecule is Cc1c(C(=O)NC(C)c2ccc(F)c(F)c2)cnn1C(C)(C)C. The van der Waals surface area contributed by atoms with Gasteiger partial charge in [-0.05, 0) is 52.3 Å². The predicted octanol–water partition coefficient (Wildman–Crippen LogP) is 3.72. The maximum atomic E-state index is 13.3. The molecule has 1 unspecified atom stereocenters. The summed E-state index contributed by atoms with van der Waals surface area (Å²) in [5, 5.41) is 7.04.